The van der Waals surface area contributed by atoms with Crippen molar-refractivity contribution < 1.29 is 9.59 Å². The van der Waals surface area contributed by atoms with Crippen LogP contribution in [0.25, 0.3) is 16.9 Å². The summed E-state index contributed by atoms with van der Waals surface area (Å²) in [5, 5.41) is 7.80. The fraction of sp³-hybridized carbons (Fsp3) is 0.227. The fourth-order valence-electron chi connectivity index (χ4n) is 3.24. The zero-order valence-electron chi connectivity index (χ0n) is 16.0. The Kier molecular flexibility index (Phi) is 5.95. The number of hydrogen-bond donors (Lipinski definition) is 1. The van der Waals surface area contributed by atoms with Crippen LogP contribution >= 0.6 is 11.8 Å². The normalized spacial score (nSPS) is 13.7. The second-order valence-corrected chi connectivity index (χ2v) is 7.82. The molecule has 4 rings (SSSR count). The van der Waals surface area contributed by atoms with Gasteiger partial charge < -0.3 is 10.2 Å². The summed E-state index contributed by atoms with van der Waals surface area (Å²) in [5.41, 5.74) is 3.76. The monoisotopic (exact) mass is 406 g/mol. The standard InChI is InChI=1S/C22H22N4O2S/c27-20(11-12-25-13-14-29-22(25)28)23-15-18-16-26(19-9-5-2-6-10-19)24-21(18)17-7-3-1-4-8-17/h1-10,16H,11-15H2,(H,23,27). The van der Waals surface area contributed by atoms with E-state index in [1.807, 2.05) is 71.5 Å². The number of benzene rings is 2. The number of amides is 2. The summed E-state index contributed by atoms with van der Waals surface area (Å²) >= 11 is 1.31. The second kappa shape index (κ2) is 8.96. The zero-order chi connectivity index (χ0) is 20.1. The molecular formula is C22H22N4O2S. The first kappa shape index (κ1) is 19.3. The van der Waals surface area contributed by atoms with Gasteiger partial charge in [-0.15, -0.1) is 0 Å². The summed E-state index contributed by atoms with van der Waals surface area (Å²) in [7, 11) is 0. The lowest BCUT2D eigenvalue weighted by Gasteiger charge is -2.13. The van der Waals surface area contributed by atoms with Crippen LogP contribution in [0, 0.1) is 0 Å². The lowest BCUT2D eigenvalue weighted by molar-refractivity contribution is -0.121. The first-order valence-corrected chi connectivity index (χ1v) is 10.6. The Bertz CT molecular complexity index is 989. The zero-order valence-corrected chi connectivity index (χ0v) is 16.8. The molecule has 0 unspecified atom stereocenters. The molecule has 0 atom stereocenters. The molecule has 148 valence electrons. The molecule has 0 spiro atoms. The van der Waals surface area contributed by atoms with Gasteiger partial charge in [0.1, 0.15) is 0 Å². The van der Waals surface area contributed by atoms with Gasteiger partial charge in [-0.3, -0.25) is 9.59 Å². The van der Waals surface area contributed by atoms with Crippen molar-refractivity contribution in [1.29, 1.82) is 0 Å². The highest BCUT2D eigenvalue weighted by Crippen LogP contribution is 2.23. The third-order valence-electron chi connectivity index (χ3n) is 4.79. The molecule has 2 heterocycles. The first-order chi connectivity index (χ1) is 14.2. The van der Waals surface area contributed by atoms with Crippen LogP contribution in [0.5, 0.6) is 0 Å². The Morgan fingerprint density at radius 1 is 1.07 bits per heavy atom. The Labute approximate surface area is 173 Å². The van der Waals surface area contributed by atoms with Gasteiger partial charge in [-0.05, 0) is 12.1 Å². The number of para-hydroxylation sites is 1. The number of rotatable bonds is 7. The van der Waals surface area contributed by atoms with Crippen LogP contribution in [0.1, 0.15) is 12.0 Å². The van der Waals surface area contributed by atoms with E-state index in [1.165, 1.54) is 11.8 Å². The van der Waals surface area contributed by atoms with Gasteiger partial charge in [-0.25, -0.2) is 4.68 Å². The minimum absolute atomic E-state index is 0.0632. The number of carbonyl (C=O) groups is 2. The highest BCUT2D eigenvalue weighted by molar-refractivity contribution is 8.13. The van der Waals surface area contributed by atoms with E-state index < -0.39 is 0 Å². The molecule has 1 aromatic heterocycles. The average Bonchev–Trinajstić information content (AvgIpc) is 3.38. The van der Waals surface area contributed by atoms with Gasteiger partial charge in [-0.2, -0.15) is 5.10 Å². The SMILES string of the molecule is O=C(CCN1CCSC1=O)NCc1cn(-c2ccccc2)nc1-c1ccccc1. The predicted octanol–water partition coefficient (Wildman–Crippen LogP) is 3.71. The number of nitrogens with zero attached hydrogens (tertiary/aromatic N) is 3. The molecule has 1 fully saturated rings. The van der Waals surface area contributed by atoms with Crippen LogP contribution in [0.15, 0.2) is 66.9 Å². The van der Waals surface area contributed by atoms with Gasteiger partial charge in [0.05, 0.1) is 11.4 Å². The van der Waals surface area contributed by atoms with Gasteiger partial charge in [0.25, 0.3) is 5.24 Å². The van der Waals surface area contributed by atoms with Crippen molar-refractivity contribution in [1.82, 2.24) is 20.0 Å². The van der Waals surface area contributed by atoms with E-state index >= 15 is 0 Å². The summed E-state index contributed by atoms with van der Waals surface area (Å²) in [5.74, 6) is 0.737. The second-order valence-electron chi connectivity index (χ2n) is 6.78. The molecular weight excluding hydrogens is 384 g/mol. The molecule has 29 heavy (non-hydrogen) atoms. The van der Waals surface area contributed by atoms with E-state index in [0.29, 0.717) is 19.5 Å². The van der Waals surface area contributed by atoms with Crippen molar-refractivity contribution in [3.63, 3.8) is 0 Å². The molecule has 1 saturated heterocycles. The Morgan fingerprint density at radius 2 is 1.79 bits per heavy atom. The molecule has 2 amide bonds. The maximum atomic E-state index is 12.3. The average molecular weight is 407 g/mol. The molecule has 3 aromatic rings. The van der Waals surface area contributed by atoms with Crippen LogP contribution in [-0.4, -0.2) is 44.7 Å². The Morgan fingerprint density at radius 3 is 2.48 bits per heavy atom. The molecule has 2 aromatic carbocycles. The van der Waals surface area contributed by atoms with Crippen LogP contribution in [0.4, 0.5) is 4.79 Å². The molecule has 0 bridgehead atoms. The van der Waals surface area contributed by atoms with Crippen molar-refractivity contribution >= 4 is 22.9 Å². The van der Waals surface area contributed by atoms with Crippen LogP contribution in [0.3, 0.4) is 0 Å². The summed E-state index contributed by atoms with van der Waals surface area (Å²) in [6, 6.07) is 19.8. The van der Waals surface area contributed by atoms with Gasteiger partial charge in [0.2, 0.25) is 5.91 Å². The van der Waals surface area contributed by atoms with Crippen molar-refractivity contribution in [2.24, 2.45) is 0 Å². The Balaban J connectivity index is 1.47. The molecule has 0 radical (unpaired) electrons. The van der Waals surface area contributed by atoms with Gasteiger partial charge in [-0.1, -0.05) is 60.3 Å². The van der Waals surface area contributed by atoms with Gasteiger partial charge in [0.15, 0.2) is 0 Å². The van der Waals surface area contributed by atoms with Gasteiger partial charge in [0, 0.05) is 49.1 Å². The largest absolute Gasteiger partial charge is 0.352 e. The van der Waals surface area contributed by atoms with E-state index in [4.69, 9.17) is 5.10 Å². The first-order valence-electron chi connectivity index (χ1n) is 9.58. The Hall–Kier alpha value is -3.06. The quantitative estimate of drug-likeness (QED) is 0.649. The van der Waals surface area contributed by atoms with Crippen LogP contribution in [0.2, 0.25) is 0 Å². The molecule has 1 aliphatic rings. The summed E-state index contributed by atoms with van der Waals surface area (Å²) in [4.78, 5) is 25.7. The number of nitrogens with one attached hydrogen (secondary N) is 1. The van der Waals surface area contributed by atoms with E-state index in [9.17, 15) is 9.59 Å². The highest BCUT2D eigenvalue weighted by atomic mass is 32.2. The van der Waals surface area contributed by atoms with Crippen LogP contribution in [-0.2, 0) is 11.3 Å². The number of thioether (sulfide) groups is 1. The molecule has 1 N–H and O–H groups in total. The van der Waals surface area contributed by atoms with Crippen molar-refractivity contribution in [2.75, 3.05) is 18.8 Å². The third kappa shape index (κ3) is 4.68. The smallest absolute Gasteiger partial charge is 0.281 e. The summed E-state index contributed by atoms with van der Waals surface area (Å²) in [6.07, 6.45) is 2.26. The van der Waals surface area contributed by atoms with E-state index in [0.717, 1.165) is 34.8 Å². The summed E-state index contributed by atoms with van der Waals surface area (Å²) < 4.78 is 1.84. The number of carbonyl (C=O) groups excluding carboxylic acids is 2. The van der Waals surface area contributed by atoms with E-state index in [1.54, 1.807) is 4.90 Å². The predicted molar refractivity (Wildman–Crippen MR) is 115 cm³/mol. The fourth-order valence-corrected chi connectivity index (χ4v) is 4.09. The lowest BCUT2D eigenvalue weighted by Crippen LogP contribution is -2.30. The minimum atomic E-state index is -0.0684. The van der Waals surface area contributed by atoms with E-state index in [2.05, 4.69) is 5.32 Å². The minimum Gasteiger partial charge on any atom is -0.352 e. The topological polar surface area (TPSA) is 67.2 Å². The van der Waals surface area contributed by atoms with Crippen molar-refractivity contribution in [3.05, 3.63) is 72.4 Å². The van der Waals surface area contributed by atoms with Crippen molar-refractivity contribution in [3.8, 4) is 16.9 Å². The third-order valence-corrected chi connectivity index (χ3v) is 5.68. The molecule has 7 heteroatoms. The summed E-state index contributed by atoms with van der Waals surface area (Å²) in [6.45, 7) is 1.57. The number of hydrogen-bond acceptors (Lipinski definition) is 4. The maximum Gasteiger partial charge on any atom is 0.281 e. The maximum absolute atomic E-state index is 12.3. The lowest BCUT2D eigenvalue weighted by atomic mass is 10.1. The van der Waals surface area contributed by atoms with Crippen molar-refractivity contribution in [2.45, 2.75) is 13.0 Å². The molecule has 0 saturated carbocycles. The number of aromatic nitrogens is 2. The molecule has 0 aliphatic carbocycles. The highest BCUT2D eigenvalue weighted by Gasteiger charge is 2.21. The molecule has 1 aliphatic heterocycles. The van der Waals surface area contributed by atoms with E-state index in [-0.39, 0.29) is 11.1 Å². The van der Waals surface area contributed by atoms with Gasteiger partial charge >= 0.3 is 0 Å². The molecule has 6 nitrogen and oxygen atoms in total. The van der Waals surface area contributed by atoms with Crippen LogP contribution < -0.4 is 5.32 Å².